The zero-order chi connectivity index (χ0) is 14.4. The summed E-state index contributed by atoms with van der Waals surface area (Å²) in [6.45, 7) is 7.97. The van der Waals surface area contributed by atoms with Crippen LogP contribution in [0.3, 0.4) is 0 Å². The van der Waals surface area contributed by atoms with Gasteiger partial charge in [0.05, 0.1) is 0 Å². The van der Waals surface area contributed by atoms with E-state index in [4.69, 9.17) is 4.52 Å². The second-order valence-corrected chi connectivity index (χ2v) is 4.91. The molecule has 1 aromatic heterocycles. The van der Waals surface area contributed by atoms with Gasteiger partial charge in [0.25, 0.3) is 0 Å². The van der Waals surface area contributed by atoms with Crippen LogP contribution in [0.4, 0.5) is 5.82 Å². The molecule has 0 aliphatic heterocycles. The largest absolute Gasteiger partial charge is 0.360 e. The summed E-state index contributed by atoms with van der Waals surface area (Å²) >= 11 is 0. The number of anilines is 1. The van der Waals surface area contributed by atoms with Crippen LogP contribution in [0.25, 0.3) is 0 Å². The smallest absolute Gasteiger partial charge is 0.225 e. The lowest BCUT2D eigenvalue weighted by Gasteiger charge is -2.18. The third-order valence-corrected chi connectivity index (χ3v) is 2.52. The molecule has 1 N–H and O–H groups in total. The number of hydrogen-bond donors (Lipinski definition) is 1. The van der Waals surface area contributed by atoms with Crippen molar-refractivity contribution >= 4 is 17.6 Å². The SMILES string of the molecule is CC(=O)N(CCNC(=O)CC(C)C)c1cc(C)on1. The van der Waals surface area contributed by atoms with E-state index >= 15 is 0 Å². The van der Waals surface area contributed by atoms with E-state index in [2.05, 4.69) is 10.5 Å². The Kier molecular flexibility index (Phi) is 5.54. The molecule has 0 radical (unpaired) electrons. The van der Waals surface area contributed by atoms with Crippen LogP contribution in [0.15, 0.2) is 10.6 Å². The molecule has 6 nitrogen and oxygen atoms in total. The van der Waals surface area contributed by atoms with Crippen LogP contribution in [0.1, 0.15) is 33.0 Å². The predicted molar refractivity (Wildman–Crippen MR) is 71.7 cm³/mol. The maximum absolute atomic E-state index is 11.5. The molecule has 0 atom stereocenters. The third kappa shape index (κ3) is 5.11. The van der Waals surface area contributed by atoms with Gasteiger partial charge in [-0.25, -0.2) is 0 Å². The lowest BCUT2D eigenvalue weighted by molar-refractivity contribution is -0.122. The van der Waals surface area contributed by atoms with Crippen molar-refractivity contribution in [3.05, 3.63) is 11.8 Å². The summed E-state index contributed by atoms with van der Waals surface area (Å²) in [7, 11) is 0. The van der Waals surface area contributed by atoms with Crippen molar-refractivity contribution in [2.45, 2.75) is 34.1 Å². The fraction of sp³-hybridized carbons (Fsp3) is 0.615. The maximum Gasteiger partial charge on any atom is 0.225 e. The quantitative estimate of drug-likeness (QED) is 0.847. The van der Waals surface area contributed by atoms with E-state index in [9.17, 15) is 9.59 Å². The van der Waals surface area contributed by atoms with Crippen molar-refractivity contribution in [3.63, 3.8) is 0 Å². The van der Waals surface area contributed by atoms with Crippen LogP contribution in [0.5, 0.6) is 0 Å². The highest BCUT2D eigenvalue weighted by Gasteiger charge is 2.15. The molecular formula is C13H21N3O3. The minimum Gasteiger partial charge on any atom is -0.360 e. The van der Waals surface area contributed by atoms with Gasteiger partial charge in [-0.05, 0) is 12.8 Å². The normalized spacial score (nSPS) is 10.6. The van der Waals surface area contributed by atoms with Crippen LogP contribution in [0.2, 0.25) is 0 Å². The molecule has 0 aliphatic rings. The van der Waals surface area contributed by atoms with Gasteiger partial charge in [-0.2, -0.15) is 0 Å². The molecule has 0 unspecified atom stereocenters. The van der Waals surface area contributed by atoms with E-state index < -0.39 is 0 Å². The Balaban J connectivity index is 2.48. The van der Waals surface area contributed by atoms with Gasteiger partial charge < -0.3 is 9.84 Å². The highest BCUT2D eigenvalue weighted by atomic mass is 16.5. The second kappa shape index (κ2) is 6.92. The Labute approximate surface area is 113 Å². The highest BCUT2D eigenvalue weighted by Crippen LogP contribution is 2.13. The van der Waals surface area contributed by atoms with Gasteiger partial charge in [-0.3, -0.25) is 14.5 Å². The first-order valence-electron chi connectivity index (χ1n) is 6.38. The summed E-state index contributed by atoms with van der Waals surface area (Å²) in [6, 6.07) is 1.69. The summed E-state index contributed by atoms with van der Waals surface area (Å²) < 4.78 is 4.94. The van der Waals surface area contributed by atoms with Gasteiger partial charge in [0, 0.05) is 32.5 Å². The second-order valence-electron chi connectivity index (χ2n) is 4.91. The van der Waals surface area contributed by atoms with Crippen molar-refractivity contribution in [2.75, 3.05) is 18.0 Å². The first-order valence-corrected chi connectivity index (χ1v) is 6.38. The molecule has 1 aromatic rings. The van der Waals surface area contributed by atoms with Crippen LogP contribution < -0.4 is 10.2 Å². The Bertz CT molecular complexity index is 440. The third-order valence-electron chi connectivity index (χ3n) is 2.52. The highest BCUT2D eigenvalue weighted by molar-refractivity contribution is 5.90. The number of hydrogen-bond acceptors (Lipinski definition) is 4. The number of rotatable bonds is 6. The Morgan fingerprint density at radius 3 is 2.63 bits per heavy atom. The number of nitrogens with zero attached hydrogens (tertiary/aromatic N) is 2. The van der Waals surface area contributed by atoms with Gasteiger partial charge in [-0.1, -0.05) is 19.0 Å². The van der Waals surface area contributed by atoms with E-state index in [1.807, 2.05) is 13.8 Å². The molecule has 1 heterocycles. The molecule has 0 bridgehead atoms. The molecule has 0 saturated carbocycles. The summed E-state index contributed by atoms with van der Waals surface area (Å²) in [4.78, 5) is 24.5. The molecule has 1 rings (SSSR count). The molecule has 6 heteroatoms. The lowest BCUT2D eigenvalue weighted by atomic mass is 10.1. The lowest BCUT2D eigenvalue weighted by Crippen LogP contribution is -2.38. The number of carbonyl (C=O) groups is 2. The monoisotopic (exact) mass is 267 g/mol. The average Bonchev–Trinajstić information content (AvgIpc) is 2.69. The predicted octanol–water partition coefficient (Wildman–Crippen LogP) is 1.50. The molecule has 0 fully saturated rings. The van der Waals surface area contributed by atoms with E-state index in [-0.39, 0.29) is 11.8 Å². The summed E-state index contributed by atoms with van der Waals surface area (Å²) in [5.41, 5.74) is 0. The number of amides is 2. The molecule has 0 aliphatic carbocycles. The first kappa shape index (κ1) is 15.2. The van der Waals surface area contributed by atoms with Gasteiger partial charge in [0.15, 0.2) is 5.82 Å². The summed E-state index contributed by atoms with van der Waals surface area (Å²) in [5.74, 6) is 1.30. The van der Waals surface area contributed by atoms with Gasteiger partial charge in [0.1, 0.15) is 5.76 Å². The average molecular weight is 267 g/mol. The number of nitrogens with one attached hydrogen (secondary N) is 1. The van der Waals surface area contributed by atoms with E-state index in [0.717, 1.165) is 0 Å². The molecular weight excluding hydrogens is 246 g/mol. The van der Waals surface area contributed by atoms with Crippen LogP contribution in [-0.2, 0) is 9.59 Å². The van der Waals surface area contributed by atoms with Gasteiger partial charge >= 0.3 is 0 Å². The first-order chi connectivity index (χ1) is 8.90. The Morgan fingerprint density at radius 1 is 1.47 bits per heavy atom. The molecule has 0 aromatic carbocycles. The zero-order valence-corrected chi connectivity index (χ0v) is 11.9. The minimum atomic E-state index is -0.133. The topological polar surface area (TPSA) is 75.4 Å². The Hall–Kier alpha value is -1.85. The van der Waals surface area contributed by atoms with Gasteiger partial charge in [-0.15, -0.1) is 0 Å². The summed E-state index contributed by atoms with van der Waals surface area (Å²) in [6.07, 6.45) is 0.489. The van der Waals surface area contributed by atoms with Gasteiger partial charge in [0.2, 0.25) is 11.8 Å². The van der Waals surface area contributed by atoms with E-state index in [1.54, 1.807) is 13.0 Å². The zero-order valence-electron chi connectivity index (χ0n) is 11.9. The van der Waals surface area contributed by atoms with Crippen LogP contribution >= 0.6 is 0 Å². The van der Waals surface area contributed by atoms with Crippen molar-refractivity contribution in [3.8, 4) is 0 Å². The van der Waals surface area contributed by atoms with Crippen LogP contribution in [-0.4, -0.2) is 30.1 Å². The van der Waals surface area contributed by atoms with Crippen molar-refractivity contribution in [2.24, 2.45) is 5.92 Å². The number of aryl methyl sites for hydroxylation is 1. The molecule has 19 heavy (non-hydrogen) atoms. The minimum absolute atomic E-state index is 0.00478. The maximum atomic E-state index is 11.5. The fourth-order valence-electron chi connectivity index (χ4n) is 1.66. The van der Waals surface area contributed by atoms with Crippen molar-refractivity contribution < 1.29 is 14.1 Å². The standard InChI is InChI=1S/C13H21N3O3/c1-9(2)7-13(18)14-5-6-16(11(4)17)12-8-10(3)19-15-12/h8-9H,5-7H2,1-4H3,(H,14,18). The van der Waals surface area contributed by atoms with Crippen molar-refractivity contribution in [1.29, 1.82) is 0 Å². The Morgan fingerprint density at radius 2 is 2.16 bits per heavy atom. The number of aromatic nitrogens is 1. The van der Waals surface area contributed by atoms with E-state index in [1.165, 1.54) is 11.8 Å². The molecule has 106 valence electrons. The van der Waals surface area contributed by atoms with E-state index in [0.29, 0.717) is 37.0 Å². The van der Waals surface area contributed by atoms with Crippen molar-refractivity contribution in [1.82, 2.24) is 10.5 Å². The summed E-state index contributed by atoms with van der Waals surface area (Å²) in [5, 5.41) is 6.59. The van der Waals surface area contributed by atoms with Crippen LogP contribution in [0, 0.1) is 12.8 Å². The fourth-order valence-corrected chi connectivity index (χ4v) is 1.66. The number of carbonyl (C=O) groups excluding carboxylic acids is 2. The molecule has 0 saturated heterocycles. The molecule has 2 amide bonds. The molecule has 0 spiro atoms.